The topological polar surface area (TPSA) is 63.1 Å². The summed E-state index contributed by atoms with van der Waals surface area (Å²) in [6.45, 7) is 6.00. The van der Waals surface area contributed by atoms with Gasteiger partial charge in [0, 0.05) is 43.9 Å². The van der Waals surface area contributed by atoms with Gasteiger partial charge in [0.25, 0.3) is 0 Å². The summed E-state index contributed by atoms with van der Waals surface area (Å²) in [5.74, 6) is 0. The number of carbonyl (C=O) groups is 1. The van der Waals surface area contributed by atoms with Gasteiger partial charge in [-0.2, -0.15) is 5.10 Å². The van der Waals surface area contributed by atoms with Gasteiger partial charge in [-0.25, -0.2) is 4.79 Å². The summed E-state index contributed by atoms with van der Waals surface area (Å²) in [5.41, 5.74) is 3.21. The van der Waals surface area contributed by atoms with Crippen LogP contribution in [0.5, 0.6) is 0 Å². The van der Waals surface area contributed by atoms with Crippen LogP contribution < -0.4 is 5.32 Å². The van der Waals surface area contributed by atoms with Gasteiger partial charge in [-0.05, 0) is 43.5 Å². The second-order valence-corrected chi connectivity index (χ2v) is 5.79. The van der Waals surface area contributed by atoms with Gasteiger partial charge < -0.3 is 10.2 Å². The van der Waals surface area contributed by atoms with Crippen LogP contribution in [-0.4, -0.2) is 38.8 Å². The van der Waals surface area contributed by atoms with E-state index >= 15 is 0 Å². The number of amides is 2. The molecule has 0 radical (unpaired) electrons. The third kappa shape index (κ3) is 3.10. The van der Waals surface area contributed by atoms with Crippen LogP contribution in [0.3, 0.4) is 0 Å². The van der Waals surface area contributed by atoms with Crippen molar-refractivity contribution in [3.05, 3.63) is 47.5 Å². The first-order chi connectivity index (χ1) is 10.6. The monoisotopic (exact) mass is 299 g/mol. The largest absolute Gasteiger partial charge is 0.334 e. The molecule has 22 heavy (non-hydrogen) atoms. The number of pyridine rings is 1. The summed E-state index contributed by atoms with van der Waals surface area (Å²) in [6, 6.07) is 4.21. The Balaban J connectivity index is 1.54. The van der Waals surface area contributed by atoms with E-state index in [1.54, 1.807) is 6.20 Å². The van der Waals surface area contributed by atoms with Crippen LogP contribution in [0, 0.1) is 13.8 Å². The van der Waals surface area contributed by atoms with Crippen LogP contribution in [0.2, 0.25) is 0 Å². The first kappa shape index (κ1) is 14.6. The first-order valence-corrected chi connectivity index (χ1v) is 7.57. The SMILES string of the molecule is Cc1cc(C)c(CNC(=O)N2CCC(n3cccn3)C2)cn1. The van der Waals surface area contributed by atoms with Crippen molar-refractivity contribution in [3.63, 3.8) is 0 Å². The highest BCUT2D eigenvalue weighted by atomic mass is 16.2. The van der Waals surface area contributed by atoms with Crippen LogP contribution >= 0.6 is 0 Å². The lowest BCUT2D eigenvalue weighted by Crippen LogP contribution is -2.38. The smallest absolute Gasteiger partial charge is 0.317 e. The van der Waals surface area contributed by atoms with Crippen LogP contribution in [-0.2, 0) is 6.54 Å². The Morgan fingerprint density at radius 1 is 1.45 bits per heavy atom. The zero-order valence-electron chi connectivity index (χ0n) is 13.0. The normalized spacial score (nSPS) is 17.7. The number of nitrogens with one attached hydrogen (secondary N) is 1. The number of hydrogen-bond acceptors (Lipinski definition) is 3. The molecule has 1 atom stereocenters. The Morgan fingerprint density at radius 3 is 3.05 bits per heavy atom. The molecule has 2 aromatic rings. The Kier molecular flexibility index (Phi) is 4.09. The van der Waals surface area contributed by atoms with E-state index in [9.17, 15) is 4.79 Å². The molecule has 2 aromatic heterocycles. The average molecular weight is 299 g/mol. The number of rotatable bonds is 3. The quantitative estimate of drug-likeness (QED) is 0.943. The number of urea groups is 1. The summed E-state index contributed by atoms with van der Waals surface area (Å²) in [7, 11) is 0. The van der Waals surface area contributed by atoms with Gasteiger partial charge in [-0.3, -0.25) is 9.67 Å². The number of hydrogen-bond donors (Lipinski definition) is 1. The Morgan fingerprint density at radius 2 is 2.32 bits per heavy atom. The molecule has 1 aliphatic rings. The third-order valence-corrected chi connectivity index (χ3v) is 4.14. The van der Waals surface area contributed by atoms with E-state index in [2.05, 4.69) is 15.4 Å². The average Bonchev–Trinajstić information content (AvgIpc) is 3.17. The Labute approximate surface area is 130 Å². The van der Waals surface area contributed by atoms with Gasteiger partial charge in [0.15, 0.2) is 0 Å². The molecule has 3 heterocycles. The van der Waals surface area contributed by atoms with Crippen molar-refractivity contribution in [3.8, 4) is 0 Å². The standard InChI is InChI=1S/C16H21N5O/c1-12-8-13(2)17-9-14(12)10-18-16(22)20-7-4-15(11-20)21-6-3-5-19-21/h3,5-6,8-9,15H,4,7,10-11H2,1-2H3,(H,18,22). The maximum atomic E-state index is 12.3. The van der Waals surface area contributed by atoms with Crippen molar-refractivity contribution < 1.29 is 4.79 Å². The van der Waals surface area contributed by atoms with Crippen molar-refractivity contribution in [2.75, 3.05) is 13.1 Å². The van der Waals surface area contributed by atoms with Crippen molar-refractivity contribution in [2.24, 2.45) is 0 Å². The maximum Gasteiger partial charge on any atom is 0.317 e. The van der Waals surface area contributed by atoms with Crippen molar-refractivity contribution in [1.29, 1.82) is 0 Å². The number of aromatic nitrogens is 3. The molecule has 1 aliphatic heterocycles. The Bertz CT molecular complexity index is 653. The molecule has 0 aliphatic carbocycles. The zero-order chi connectivity index (χ0) is 15.5. The van der Waals surface area contributed by atoms with E-state index < -0.39 is 0 Å². The molecule has 1 saturated heterocycles. The predicted molar refractivity (Wildman–Crippen MR) is 83.4 cm³/mol. The molecular formula is C16H21N5O. The fourth-order valence-corrected chi connectivity index (χ4v) is 2.83. The highest BCUT2D eigenvalue weighted by Gasteiger charge is 2.27. The van der Waals surface area contributed by atoms with Gasteiger partial charge in [0.1, 0.15) is 0 Å². The molecular weight excluding hydrogens is 278 g/mol. The summed E-state index contributed by atoms with van der Waals surface area (Å²) in [6.07, 6.45) is 6.50. The van der Waals surface area contributed by atoms with E-state index in [0.717, 1.165) is 29.8 Å². The molecule has 1 N–H and O–H groups in total. The molecule has 2 amide bonds. The molecule has 0 spiro atoms. The molecule has 116 valence electrons. The number of carbonyl (C=O) groups excluding carboxylic acids is 1. The first-order valence-electron chi connectivity index (χ1n) is 7.57. The fourth-order valence-electron chi connectivity index (χ4n) is 2.83. The number of aryl methyl sites for hydroxylation is 2. The lowest BCUT2D eigenvalue weighted by atomic mass is 10.1. The van der Waals surface area contributed by atoms with Gasteiger partial charge in [-0.1, -0.05) is 0 Å². The summed E-state index contributed by atoms with van der Waals surface area (Å²) < 4.78 is 1.93. The highest BCUT2D eigenvalue weighted by Crippen LogP contribution is 2.20. The fraction of sp³-hybridized carbons (Fsp3) is 0.438. The van der Waals surface area contributed by atoms with Gasteiger partial charge in [0.05, 0.1) is 6.04 Å². The van der Waals surface area contributed by atoms with Crippen molar-refractivity contribution in [1.82, 2.24) is 25.0 Å². The molecule has 6 heteroatoms. The maximum absolute atomic E-state index is 12.3. The molecule has 1 unspecified atom stereocenters. The van der Waals surface area contributed by atoms with E-state index in [4.69, 9.17) is 0 Å². The van der Waals surface area contributed by atoms with Crippen molar-refractivity contribution >= 4 is 6.03 Å². The summed E-state index contributed by atoms with van der Waals surface area (Å²) >= 11 is 0. The van der Waals surface area contributed by atoms with Gasteiger partial charge in [-0.15, -0.1) is 0 Å². The molecule has 1 fully saturated rings. The van der Waals surface area contributed by atoms with E-state index in [1.807, 2.05) is 48.0 Å². The minimum absolute atomic E-state index is 0.0189. The zero-order valence-corrected chi connectivity index (χ0v) is 13.0. The second kappa shape index (κ2) is 6.17. The molecule has 0 bridgehead atoms. The molecule has 3 rings (SSSR count). The van der Waals surface area contributed by atoms with Crippen LogP contribution in [0.1, 0.15) is 29.3 Å². The predicted octanol–water partition coefficient (Wildman–Crippen LogP) is 2.05. The number of nitrogens with zero attached hydrogens (tertiary/aromatic N) is 4. The molecule has 6 nitrogen and oxygen atoms in total. The van der Waals surface area contributed by atoms with E-state index in [0.29, 0.717) is 13.1 Å². The number of likely N-dealkylation sites (tertiary alicyclic amines) is 1. The van der Waals surface area contributed by atoms with Gasteiger partial charge >= 0.3 is 6.03 Å². The lowest BCUT2D eigenvalue weighted by molar-refractivity contribution is 0.206. The third-order valence-electron chi connectivity index (χ3n) is 4.14. The van der Waals surface area contributed by atoms with Crippen LogP contribution in [0.4, 0.5) is 4.79 Å². The van der Waals surface area contributed by atoms with Crippen LogP contribution in [0.25, 0.3) is 0 Å². The van der Waals surface area contributed by atoms with Gasteiger partial charge in [0.2, 0.25) is 0 Å². The second-order valence-electron chi connectivity index (χ2n) is 5.79. The highest BCUT2D eigenvalue weighted by molar-refractivity contribution is 5.74. The lowest BCUT2D eigenvalue weighted by Gasteiger charge is -2.18. The molecule has 0 aromatic carbocycles. The molecule has 0 saturated carbocycles. The minimum atomic E-state index is -0.0189. The van der Waals surface area contributed by atoms with Crippen LogP contribution in [0.15, 0.2) is 30.7 Å². The van der Waals surface area contributed by atoms with E-state index in [-0.39, 0.29) is 12.1 Å². The summed E-state index contributed by atoms with van der Waals surface area (Å²) in [4.78, 5) is 18.4. The minimum Gasteiger partial charge on any atom is -0.334 e. The summed E-state index contributed by atoms with van der Waals surface area (Å²) in [5, 5.41) is 7.24. The van der Waals surface area contributed by atoms with Crippen molar-refractivity contribution in [2.45, 2.75) is 32.9 Å². The Hall–Kier alpha value is -2.37. The van der Waals surface area contributed by atoms with E-state index in [1.165, 1.54) is 0 Å².